The zero-order valence-electron chi connectivity index (χ0n) is 15.4. The lowest BCUT2D eigenvalue weighted by molar-refractivity contribution is -0.132. The molecule has 0 unspecified atom stereocenters. The number of nitrogens with zero attached hydrogens (tertiary/aromatic N) is 1. The SMILES string of the molecule is CC(C)c1ccc(NC(=S)NN2C(=O)N[C@](C)(c3ccccc3)C2=O)cc1. The number of hydrogen-bond acceptors (Lipinski definition) is 3. The van der Waals surface area contributed by atoms with Gasteiger partial charge in [-0.05, 0) is 48.3 Å². The summed E-state index contributed by atoms with van der Waals surface area (Å²) in [4.78, 5) is 25.2. The van der Waals surface area contributed by atoms with Crippen LogP contribution in [0.3, 0.4) is 0 Å². The molecule has 3 rings (SSSR count). The van der Waals surface area contributed by atoms with Gasteiger partial charge in [-0.2, -0.15) is 5.01 Å². The predicted molar refractivity (Wildman–Crippen MR) is 109 cm³/mol. The number of anilines is 1. The van der Waals surface area contributed by atoms with Crippen LogP contribution in [0, 0.1) is 0 Å². The Hall–Kier alpha value is -2.93. The van der Waals surface area contributed by atoms with E-state index in [1.165, 1.54) is 5.56 Å². The maximum atomic E-state index is 12.8. The molecule has 1 aliphatic rings. The zero-order valence-corrected chi connectivity index (χ0v) is 16.3. The van der Waals surface area contributed by atoms with Crippen LogP contribution in [-0.2, 0) is 10.3 Å². The van der Waals surface area contributed by atoms with Crippen molar-refractivity contribution in [1.29, 1.82) is 0 Å². The molecule has 0 aromatic heterocycles. The lowest BCUT2D eigenvalue weighted by atomic mass is 9.92. The van der Waals surface area contributed by atoms with Crippen LogP contribution < -0.4 is 16.1 Å². The van der Waals surface area contributed by atoms with Crippen LogP contribution in [0.5, 0.6) is 0 Å². The highest BCUT2D eigenvalue weighted by Gasteiger charge is 2.49. The minimum absolute atomic E-state index is 0.160. The molecule has 0 spiro atoms. The van der Waals surface area contributed by atoms with Gasteiger partial charge in [0.1, 0.15) is 5.54 Å². The maximum Gasteiger partial charge on any atom is 0.344 e. The number of hydrogen-bond donors (Lipinski definition) is 3. The van der Waals surface area contributed by atoms with Gasteiger partial charge in [-0.3, -0.25) is 10.2 Å². The Bertz CT molecular complexity index is 867. The molecule has 7 heteroatoms. The van der Waals surface area contributed by atoms with Crippen molar-refractivity contribution in [2.24, 2.45) is 0 Å². The highest BCUT2D eigenvalue weighted by molar-refractivity contribution is 7.80. The van der Waals surface area contributed by atoms with Gasteiger partial charge in [0.2, 0.25) is 0 Å². The van der Waals surface area contributed by atoms with Crippen molar-refractivity contribution in [2.45, 2.75) is 32.2 Å². The molecule has 1 heterocycles. The third kappa shape index (κ3) is 3.78. The van der Waals surface area contributed by atoms with Gasteiger partial charge in [0.25, 0.3) is 5.91 Å². The first-order chi connectivity index (χ1) is 12.8. The summed E-state index contributed by atoms with van der Waals surface area (Å²) in [6, 6.07) is 16.4. The molecular formula is C20H22N4O2S. The summed E-state index contributed by atoms with van der Waals surface area (Å²) in [6.07, 6.45) is 0. The third-order valence-electron chi connectivity index (χ3n) is 4.59. The molecule has 1 saturated heterocycles. The average Bonchev–Trinajstić information content (AvgIpc) is 2.87. The Labute approximate surface area is 163 Å². The number of rotatable bonds is 4. The van der Waals surface area contributed by atoms with Gasteiger partial charge >= 0.3 is 6.03 Å². The second-order valence-electron chi connectivity index (χ2n) is 6.90. The second-order valence-corrected chi connectivity index (χ2v) is 7.31. The monoisotopic (exact) mass is 382 g/mol. The first-order valence-electron chi connectivity index (χ1n) is 8.71. The van der Waals surface area contributed by atoms with Crippen LogP contribution >= 0.6 is 12.2 Å². The molecule has 3 N–H and O–H groups in total. The molecule has 1 atom stereocenters. The van der Waals surface area contributed by atoms with Crippen molar-refractivity contribution >= 4 is 35.0 Å². The minimum atomic E-state index is -1.14. The van der Waals surface area contributed by atoms with Crippen LogP contribution in [-0.4, -0.2) is 22.1 Å². The number of nitrogens with one attached hydrogen (secondary N) is 3. The van der Waals surface area contributed by atoms with Gasteiger partial charge in [0.15, 0.2) is 5.11 Å². The molecule has 0 bridgehead atoms. The van der Waals surface area contributed by atoms with E-state index in [9.17, 15) is 9.59 Å². The second kappa shape index (κ2) is 7.36. The van der Waals surface area contributed by atoms with Crippen LogP contribution in [0.25, 0.3) is 0 Å². The Morgan fingerprint density at radius 1 is 1.07 bits per heavy atom. The largest absolute Gasteiger partial charge is 0.344 e. The number of carbonyl (C=O) groups is 2. The molecule has 3 amide bonds. The summed E-state index contributed by atoms with van der Waals surface area (Å²) in [5, 5.41) is 6.78. The van der Waals surface area contributed by atoms with E-state index in [0.717, 1.165) is 10.7 Å². The summed E-state index contributed by atoms with van der Waals surface area (Å²) < 4.78 is 0. The highest BCUT2D eigenvalue weighted by atomic mass is 32.1. The van der Waals surface area contributed by atoms with E-state index >= 15 is 0 Å². The maximum absolute atomic E-state index is 12.8. The molecule has 27 heavy (non-hydrogen) atoms. The molecule has 0 saturated carbocycles. The van der Waals surface area contributed by atoms with Crippen LogP contribution in [0.15, 0.2) is 54.6 Å². The number of imide groups is 1. The van der Waals surface area contributed by atoms with Crippen LogP contribution in [0.1, 0.15) is 37.8 Å². The Morgan fingerprint density at radius 3 is 2.30 bits per heavy atom. The van der Waals surface area contributed by atoms with Gasteiger partial charge < -0.3 is 10.6 Å². The van der Waals surface area contributed by atoms with Gasteiger partial charge in [-0.15, -0.1) is 0 Å². The van der Waals surface area contributed by atoms with Crippen molar-refractivity contribution in [3.05, 3.63) is 65.7 Å². The molecule has 2 aromatic rings. The lowest BCUT2D eigenvalue weighted by Gasteiger charge is -2.22. The molecule has 0 aliphatic carbocycles. The number of thiocarbonyl (C=S) groups is 1. The summed E-state index contributed by atoms with van der Waals surface area (Å²) in [6.45, 7) is 5.91. The van der Waals surface area contributed by atoms with Crippen molar-refractivity contribution in [2.75, 3.05) is 5.32 Å². The molecular weight excluding hydrogens is 360 g/mol. The molecule has 6 nitrogen and oxygen atoms in total. The smallest absolute Gasteiger partial charge is 0.331 e. The van der Waals surface area contributed by atoms with E-state index in [1.807, 2.05) is 42.5 Å². The number of urea groups is 1. The standard InChI is InChI=1S/C20H22N4O2S/c1-13(2)14-9-11-16(12-10-14)21-18(27)23-24-17(25)20(3,22-19(24)26)15-7-5-4-6-8-15/h4-13H,1-3H3,(H,22,26)(H2,21,23,27)/t20-/m1/s1. The minimum Gasteiger partial charge on any atom is -0.331 e. The van der Waals surface area contributed by atoms with E-state index in [4.69, 9.17) is 12.2 Å². The summed E-state index contributed by atoms with van der Waals surface area (Å²) in [5.74, 6) is 0.0173. The summed E-state index contributed by atoms with van der Waals surface area (Å²) in [7, 11) is 0. The van der Waals surface area contributed by atoms with Gasteiger partial charge in [-0.1, -0.05) is 56.3 Å². The number of amides is 3. The predicted octanol–water partition coefficient (Wildman–Crippen LogP) is 3.48. The normalized spacial score (nSPS) is 19.2. The van der Waals surface area contributed by atoms with E-state index < -0.39 is 17.5 Å². The molecule has 1 aliphatic heterocycles. The topological polar surface area (TPSA) is 73.5 Å². The number of hydrazine groups is 1. The fourth-order valence-corrected chi connectivity index (χ4v) is 3.13. The fourth-order valence-electron chi connectivity index (χ4n) is 2.92. The van der Waals surface area contributed by atoms with E-state index in [-0.39, 0.29) is 5.11 Å². The quantitative estimate of drug-likeness (QED) is 0.558. The first-order valence-corrected chi connectivity index (χ1v) is 9.12. The van der Waals surface area contributed by atoms with E-state index in [1.54, 1.807) is 19.1 Å². The van der Waals surface area contributed by atoms with Crippen LogP contribution in [0.4, 0.5) is 10.5 Å². The lowest BCUT2D eigenvalue weighted by Crippen LogP contribution is -2.49. The Balaban J connectivity index is 1.69. The Kier molecular flexibility index (Phi) is 5.14. The molecule has 0 radical (unpaired) electrons. The summed E-state index contributed by atoms with van der Waals surface area (Å²) >= 11 is 5.26. The first kappa shape index (κ1) is 18.8. The molecule has 1 fully saturated rings. The number of carbonyl (C=O) groups excluding carboxylic acids is 2. The van der Waals surface area contributed by atoms with Crippen molar-refractivity contribution < 1.29 is 9.59 Å². The van der Waals surface area contributed by atoms with Gasteiger partial charge in [0.05, 0.1) is 0 Å². The van der Waals surface area contributed by atoms with Crippen molar-refractivity contribution in [3.63, 3.8) is 0 Å². The highest BCUT2D eigenvalue weighted by Crippen LogP contribution is 2.27. The molecule has 140 valence electrons. The van der Waals surface area contributed by atoms with Crippen molar-refractivity contribution in [1.82, 2.24) is 15.8 Å². The Morgan fingerprint density at radius 2 is 1.70 bits per heavy atom. The average molecular weight is 382 g/mol. The summed E-state index contributed by atoms with van der Waals surface area (Å²) in [5.41, 5.74) is 4.23. The van der Waals surface area contributed by atoms with E-state index in [2.05, 4.69) is 29.9 Å². The fraction of sp³-hybridized carbons (Fsp3) is 0.250. The van der Waals surface area contributed by atoms with Gasteiger partial charge in [-0.25, -0.2) is 4.79 Å². The van der Waals surface area contributed by atoms with Crippen molar-refractivity contribution in [3.8, 4) is 0 Å². The zero-order chi connectivity index (χ0) is 19.6. The van der Waals surface area contributed by atoms with E-state index in [0.29, 0.717) is 11.5 Å². The molecule has 2 aromatic carbocycles. The van der Waals surface area contributed by atoms with Crippen LogP contribution in [0.2, 0.25) is 0 Å². The third-order valence-corrected chi connectivity index (χ3v) is 4.78. The van der Waals surface area contributed by atoms with Gasteiger partial charge in [0, 0.05) is 5.69 Å². The number of benzene rings is 2.